The van der Waals surface area contributed by atoms with Crippen LogP contribution in [0.15, 0.2) is 41.2 Å². The van der Waals surface area contributed by atoms with E-state index in [4.69, 9.17) is 19.2 Å². The predicted molar refractivity (Wildman–Crippen MR) is 111 cm³/mol. The van der Waals surface area contributed by atoms with E-state index in [9.17, 15) is 9.59 Å². The molecule has 30 heavy (non-hydrogen) atoms. The molecule has 0 N–H and O–H groups in total. The maximum Gasteiger partial charge on any atom is 0.337 e. The maximum absolute atomic E-state index is 13.6. The first-order chi connectivity index (χ1) is 14.7. The van der Waals surface area contributed by atoms with Crippen LogP contribution in [0.25, 0.3) is 16.6 Å². The van der Waals surface area contributed by atoms with Gasteiger partial charge in [-0.25, -0.2) is 14.3 Å². The highest BCUT2D eigenvalue weighted by atomic mass is 16.7. The van der Waals surface area contributed by atoms with E-state index in [1.807, 2.05) is 6.07 Å². The fourth-order valence-corrected chi connectivity index (χ4v) is 3.98. The SMILES string of the molecule is COC(=O)c1ccc2c(=O)n(-c3ccc4c(c3)OCO4)c(N3CCCCC3)nc2c1. The highest BCUT2D eigenvalue weighted by Crippen LogP contribution is 2.34. The molecule has 0 amide bonds. The lowest BCUT2D eigenvalue weighted by Gasteiger charge is -2.30. The number of piperidine rings is 1. The molecule has 154 valence electrons. The van der Waals surface area contributed by atoms with Gasteiger partial charge in [0.1, 0.15) is 0 Å². The number of carbonyl (C=O) groups is 1. The number of aromatic nitrogens is 2. The first-order valence-corrected chi connectivity index (χ1v) is 9.96. The summed E-state index contributed by atoms with van der Waals surface area (Å²) in [5.74, 6) is 1.36. The highest BCUT2D eigenvalue weighted by molar-refractivity contribution is 5.94. The van der Waals surface area contributed by atoms with Gasteiger partial charge in [0, 0.05) is 19.2 Å². The minimum atomic E-state index is -0.460. The monoisotopic (exact) mass is 407 g/mol. The van der Waals surface area contributed by atoms with E-state index in [1.165, 1.54) is 7.11 Å². The smallest absolute Gasteiger partial charge is 0.337 e. The highest BCUT2D eigenvalue weighted by Gasteiger charge is 2.23. The van der Waals surface area contributed by atoms with Gasteiger partial charge in [-0.05, 0) is 49.6 Å². The molecule has 1 aromatic heterocycles. The van der Waals surface area contributed by atoms with E-state index in [1.54, 1.807) is 34.9 Å². The molecule has 0 spiro atoms. The molecule has 2 aromatic carbocycles. The number of methoxy groups -OCH3 is 1. The van der Waals surface area contributed by atoms with Crippen molar-refractivity contribution in [3.05, 3.63) is 52.3 Å². The molecule has 5 rings (SSSR count). The normalized spacial score (nSPS) is 15.4. The number of anilines is 1. The molecule has 2 aliphatic heterocycles. The zero-order valence-corrected chi connectivity index (χ0v) is 16.6. The van der Waals surface area contributed by atoms with Crippen molar-refractivity contribution in [1.82, 2.24) is 9.55 Å². The van der Waals surface area contributed by atoms with Gasteiger partial charge >= 0.3 is 5.97 Å². The second-order valence-electron chi connectivity index (χ2n) is 7.36. The van der Waals surface area contributed by atoms with Gasteiger partial charge in [-0.15, -0.1) is 0 Å². The Morgan fingerprint density at radius 2 is 1.83 bits per heavy atom. The van der Waals surface area contributed by atoms with E-state index in [0.717, 1.165) is 32.4 Å². The molecule has 2 aliphatic rings. The molecule has 1 fully saturated rings. The van der Waals surface area contributed by atoms with Gasteiger partial charge in [0.25, 0.3) is 5.56 Å². The molecule has 0 atom stereocenters. The Kier molecular flexibility index (Phi) is 4.54. The molecular formula is C22H21N3O5. The minimum absolute atomic E-state index is 0.166. The topological polar surface area (TPSA) is 82.9 Å². The lowest BCUT2D eigenvalue weighted by atomic mass is 10.1. The summed E-state index contributed by atoms with van der Waals surface area (Å²) in [7, 11) is 1.33. The van der Waals surface area contributed by atoms with Gasteiger partial charge in [0.2, 0.25) is 12.7 Å². The summed E-state index contributed by atoms with van der Waals surface area (Å²) in [6.45, 7) is 1.80. The Balaban J connectivity index is 1.74. The van der Waals surface area contributed by atoms with E-state index >= 15 is 0 Å². The zero-order chi connectivity index (χ0) is 20.7. The molecule has 8 heteroatoms. The Hall–Kier alpha value is -3.55. The molecule has 8 nitrogen and oxygen atoms in total. The van der Waals surface area contributed by atoms with Gasteiger partial charge in [-0.2, -0.15) is 0 Å². The average Bonchev–Trinajstić information content (AvgIpc) is 3.26. The molecule has 0 radical (unpaired) electrons. The maximum atomic E-state index is 13.6. The standard InChI is InChI=1S/C22H21N3O5/c1-28-21(27)14-5-7-16-17(11-14)23-22(24-9-3-2-4-10-24)25(20(16)26)15-6-8-18-19(12-15)30-13-29-18/h5-8,11-12H,2-4,9-10,13H2,1H3. The summed E-state index contributed by atoms with van der Waals surface area (Å²) in [5, 5.41) is 0.432. The second-order valence-corrected chi connectivity index (χ2v) is 7.36. The van der Waals surface area contributed by atoms with Crippen LogP contribution < -0.4 is 19.9 Å². The lowest BCUT2D eigenvalue weighted by Crippen LogP contribution is -2.36. The van der Waals surface area contributed by atoms with Crippen LogP contribution in [0.1, 0.15) is 29.6 Å². The van der Waals surface area contributed by atoms with Crippen LogP contribution >= 0.6 is 0 Å². The van der Waals surface area contributed by atoms with Crippen molar-refractivity contribution in [2.75, 3.05) is 31.9 Å². The lowest BCUT2D eigenvalue weighted by molar-refractivity contribution is 0.0601. The van der Waals surface area contributed by atoms with Gasteiger partial charge in [0.15, 0.2) is 11.5 Å². The number of hydrogen-bond acceptors (Lipinski definition) is 7. The molecule has 3 heterocycles. The summed E-state index contributed by atoms with van der Waals surface area (Å²) in [6, 6.07) is 10.3. The summed E-state index contributed by atoms with van der Waals surface area (Å²) in [4.78, 5) is 32.4. The van der Waals surface area contributed by atoms with Crippen LogP contribution in [-0.4, -0.2) is 42.5 Å². The third-order valence-electron chi connectivity index (χ3n) is 5.53. The quantitative estimate of drug-likeness (QED) is 0.618. The molecule has 0 aliphatic carbocycles. The van der Waals surface area contributed by atoms with Crippen molar-refractivity contribution >= 4 is 22.8 Å². The third-order valence-corrected chi connectivity index (χ3v) is 5.53. The summed E-state index contributed by atoms with van der Waals surface area (Å²) in [5.41, 5.74) is 1.30. The molecule has 0 unspecified atom stereocenters. The van der Waals surface area contributed by atoms with Crippen molar-refractivity contribution < 1.29 is 19.0 Å². The first-order valence-electron chi connectivity index (χ1n) is 9.96. The second kappa shape index (κ2) is 7.37. The Morgan fingerprint density at radius 1 is 1.03 bits per heavy atom. The summed E-state index contributed by atoms with van der Waals surface area (Å²) < 4.78 is 17.3. The number of carbonyl (C=O) groups excluding carboxylic acids is 1. The number of fused-ring (bicyclic) bond motifs is 2. The van der Waals surface area contributed by atoms with Crippen LogP contribution in [0, 0.1) is 0 Å². The van der Waals surface area contributed by atoms with E-state index in [-0.39, 0.29) is 12.4 Å². The molecule has 3 aromatic rings. The molecule has 0 saturated carbocycles. The minimum Gasteiger partial charge on any atom is -0.465 e. The van der Waals surface area contributed by atoms with Crippen LogP contribution in [-0.2, 0) is 4.74 Å². The van der Waals surface area contributed by atoms with Crippen LogP contribution in [0.2, 0.25) is 0 Å². The van der Waals surface area contributed by atoms with Crippen LogP contribution in [0.3, 0.4) is 0 Å². The van der Waals surface area contributed by atoms with Crippen molar-refractivity contribution in [2.24, 2.45) is 0 Å². The van der Waals surface area contributed by atoms with Crippen molar-refractivity contribution in [2.45, 2.75) is 19.3 Å². The Labute approximate surface area is 172 Å². The average molecular weight is 407 g/mol. The third kappa shape index (κ3) is 3.04. The van der Waals surface area contributed by atoms with E-state index < -0.39 is 5.97 Å². The Bertz CT molecular complexity index is 1200. The number of hydrogen-bond donors (Lipinski definition) is 0. The fourth-order valence-electron chi connectivity index (χ4n) is 3.98. The van der Waals surface area contributed by atoms with Crippen molar-refractivity contribution in [1.29, 1.82) is 0 Å². The first kappa shape index (κ1) is 18.5. The van der Waals surface area contributed by atoms with Crippen LogP contribution in [0.5, 0.6) is 11.5 Å². The number of esters is 1. The summed E-state index contributed by atoms with van der Waals surface area (Å²) in [6.07, 6.45) is 3.24. The zero-order valence-electron chi connectivity index (χ0n) is 16.6. The van der Waals surface area contributed by atoms with E-state index in [2.05, 4.69) is 4.90 Å². The van der Waals surface area contributed by atoms with Crippen LogP contribution in [0.4, 0.5) is 5.95 Å². The van der Waals surface area contributed by atoms with Crippen molar-refractivity contribution in [3.63, 3.8) is 0 Å². The molecule has 1 saturated heterocycles. The van der Waals surface area contributed by atoms with Gasteiger partial charge in [0.05, 0.1) is 29.3 Å². The Morgan fingerprint density at radius 3 is 2.63 bits per heavy atom. The van der Waals surface area contributed by atoms with Gasteiger partial charge in [-0.3, -0.25) is 4.79 Å². The fraction of sp³-hybridized carbons (Fsp3) is 0.318. The molecular weight excluding hydrogens is 386 g/mol. The number of rotatable bonds is 3. The predicted octanol–water partition coefficient (Wildman–Crippen LogP) is 2.89. The molecule has 0 bridgehead atoms. The number of benzene rings is 2. The summed E-state index contributed by atoms with van der Waals surface area (Å²) >= 11 is 0. The van der Waals surface area contributed by atoms with Crippen molar-refractivity contribution in [3.8, 4) is 17.2 Å². The largest absolute Gasteiger partial charge is 0.465 e. The van der Waals surface area contributed by atoms with E-state index in [0.29, 0.717) is 39.6 Å². The van der Waals surface area contributed by atoms with Gasteiger partial charge in [-0.1, -0.05) is 0 Å². The number of ether oxygens (including phenoxy) is 3. The van der Waals surface area contributed by atoms with Gasteiger partial charge < -0.3 is 19.1 Å². The number of nitrogens with zero attached hydrogens (tertiary/aromatic N) is 3.